The average Bonchev–Trinajstić information content (AvgIpc) is 2.83. The first-order chi connectivity index (χ1) is 15.2. The standard InChI is InChI=1S/C26H27N5/c1-19(24(27)17-20-10-11-21-6-2-3-7-22(21)16-20)30-12-14-31(15-13-30)26-23-8-4-5-9-25(23)28-18-29-26/h2-11,16,18,24H,1,12-15,17,27H2. The van der Waals surface area contributed by atoms with Gasteiger partial charge < -0.3 is 15.5 Å². The third kappa shape index (κ3) is 3.97. The molecule has 0 radical (unpaired) electrons. The van der Waals surface area contributed by atoms with Crippen LogP contribution in [0.25, 0.3) is 21.7 Å². The van der Waals surface area contributed by atoms with E-state index >= 15 is 0 Å². The highest BCUT2D eigenvalue weighted by Gasteiger charge is 2.23. The van der Waals surface area contributed by atoms with Gasteiger partial charge in [-0.2, -0.15) is 0 Å². The van der Waals surface area contributed by atoms with Crippen molar-refractivity contribution in [3.63, 3.8) is 0 Å². The Hall–Kier alpha value is -3.44. The van der Waals surface area contributed by atoms with Gasteiger partial charge in [0.1, 0.15) is 12.1 Å². The largest absolute Gasteiger partial charge is 0.370 e. The van der Waals surface area contributed by atoms with Gasteiger partial charge in [0.25, 0.3) is 0 Å². The molecule has 4 aromatic rings. The molecule has 5 heteroatoms. The molecule has 0 bridgehead atoms. The van der Waals surface area contributed by atoms with Crippen LogP contribution in [0, 0.1) is 0 Å². The summed E-state index contributed by atoms with van der Waals surface area (Å²) in [5.41, 5.74) is 9.81. The number of rotatable bonds is 5. The highest BCUT2D eigenvalue weighted by atomic mass is 15.3. The number of nitrogens with two attached hydrogens (primary N) is 1. The molecule has 0 spiro atoms. The summed E-state index contributed by atoms with van der Waals surface area (Å²) in [6, 6.07) is 23.1. The summed E-state index contributed by atoms with van der Waals surface area (Å²) in [5, 5.41) is 3.61. The summed E-state index contributed by atoms with van der Waals surface area (Å²) in [5.74, 6) is 1.01. The molecule has 0 saturated carbocycles. The van der Waals surface area contributed by atoms with Crippen molar-refractivity contribution in [2.75, 3.05) is 31.1 Å². The van der Waals surface area contributed by atoms with E-state index in [0.717, 1.165) is 55.0 Å². The van der Waals surface area contributed by atoms with Gasteiger partial charge in [-0.25, -0.2) is 9.97 Å². The molecule has 5 nitrogen and oxygen atoms in total. The van der Waals surface area contributed by atoms with Gasteiger partial charge >= 0.3 is 0 Å². The second kappa shape index (κ2) is 8.36. The van der Waals surface area contributed by atoms with Gasteiger partial charge in [0, 0.05) is 43.3 Å². The van der Waals surface area contributed by atoms with E-state index < -0.39 is 0 Å². The molecule has 1 aromatic heterocycles. The molecular formula is C26H27N5. The fourth-order valence-corrected chi connectivity index (χ4v) is 4.42. The van der Waals surface area contributed by atoms with Crippen LogP contribution in [0.1, 0.15) is 5.56 Å². The molecule has 2 N–H and O–H groups in total. The Morgan fingerprint density at radius 3 is 2.48 bits per heavy atom. The van der Waals surface area contributed by atoms with Crippen molar-refractivity contribution in [2.24, 2.45) is 5.73 Å². The Labute approximate surface area is 182 Å². The van der Waals surface area contributed by atoms with E-state index in [4.69, 9.17) is 5.73 Å². The van der Waals surface area contributed by atoms with E-state index in [9.17, 15) is 0 Å². The van der Waals surface area contributed by atoms with Gasteiger partial charge in [-0.1, -0.05) is 61.2 Å². The van der Waals surface area contributed by atoms with Crippen LogP contribution in [0.2, 0.25) is 0 Å². The molecule has 1 aliphatic rings. The molecule has 31 heavy (non-hydrogen) atoms. The van der Waals surface area contributed by atoms with Crippen LogP contribution in [0.15, 0.2) is 85.3 Å². The quantitative estimate of drug-likeness (QED) is 0.540. The predicted molar refractivity (Wildman–Crippen MR) is 128 cm³/mol. The fourth-order valence-electron chi connectivity index (χ4n) is 4.42. The highest BCUT2D eigenvalue weighted by Crippen LogP contribution is 2.25. The number of anilines is 1. The molecule has 1 fully saturated rings. The lowest BCUT2D eigenvalue weighted by atomic mass is 10.00. The second-order valence-electron chi connectivity index (χ2n) is 8.17. The Bertz CT molecular complexity index is 1220. The van der Waals surface area contributed by atoms with E-state index in [0.29, 0.717) is 0 Å². The predicted octanol–water partition coefficient (Wildman–Crippen LogP) is 3.99. The van der Waals surface area contributed by atoms with E-state index in [1.165, 1.54) is 16.3 Å². The molecule has 1 aliphatic heterocycles. The Morgan fingerprint density at radius 1 is 0.903 bits per heavy atom. The Morgan fingerprint density at radius 2 is 1.65 bits per heavy atom. The molecule has 5 rings (SSSR count). The lowest BCUT2D eigenvalue weighted by molar-refractivity contribution is 0.302. The van der Waals surface area contributed by atoms with Gasteiger partial charge in [-0.05, 0) is 34.9 Å². The third-order valence-corrected chi connectivity index (χ3v) is 6.20. The van der Waals surface area contributed by atoms with Crippen LogP contribution < -0.4 is 10.6 Å². The minimum Gasteiger partial charge on any atom is -0.370 e. The summed E-state index contributed by atoms with van der Waals surface area (Å²) in [6.07, 6.45) is 2.45. The minimum absolute atomic E-state index is 0.0902. The smallest absolute Gasteiger partial charge is 0.140 e. The van der Waals surface area contributed by atoms with E-state index in [1.807, 2.05) is 18.2 Å². The van der Waals surface area contributed by atoms with Crippen LogP contribution in [0.3, 0.4) is 0 Å². The zero-order chi connectivity index (χ0) is 21.2. The lowest BCUT2D eigenvalue weighted by Gasteiger charge is -2.39. The van der Waals surface area contributed by atoms with Gasteiger partial charge in [0.15, 0.2) is 0 Å². The van der Waals surface area contributed by atoms with Crippen molar-refractivity contribution in [3.05, 3.63) is 90.9 Å². The number of hydrogen-bond donors (Lipinski definition) is 1. The molecule has 0 aliphatic carbocycles. The molecule has 0 amide bonds. The lowest BCUT2D eigenvalue weighted by Crippen LogP contribution is -2.49. The van der Waals surface area contributed by atoms with Crippen LogP contribution in [0.5, 0.6) is 0 Å². The number of fused-ring (bicyclic) bond motifs is 2. The zero-order valence-electron chi connectivity index (χ0n) is 17.6. The summed E-state index contributed by atoms with van der Waals surface area (Å²) in [4.78, 5) is 13.6. The monoisotopic (exact) mass is 409 g/mol. The molecule has 3 aromatic carbocycles. The van der Waals surface area contributed by atoms with Gasteiger partial charge in [0.2, 0.25) is 0 Å². The molecule has 156 valence electrons. The Balaban J connectivity index is 1.24. The highest BCUT2D eigenvalue weighted by molar-refractivity contribution is 5.89. The maximum absolute atomic E-state index is 6.57. The topological polar surface area (TPSA) is 58.3 Å². The molecular weight excluding hydrogens is 382 g/mol. The van der Waals surface area contributed by atoms with E-state index in [2.05, 4.69) is 74.9 Å². The molecule has 1 atom stereocenters. The second-order valence-corrected chi connectivity index (χ2v) is 8.17. The van der Waals surface area contributed by atoms with Crippen LogP contribution in [-0.2, 0) is 6.42 Å². The molecule has 1 unspecified atom stereocenters. The van der Waals surface area contributed by atoms with Gasteiger partial charge in [-0.3, -0.25) is 0 Å². The van der Waals surface area contributed by atoms with E-state index in [-0.39, 0.29) is 6.04 Å². The van der Waals surface area contributed by atoms with E-state index in [1.54, 1.807) is 6.33 Å². The fraction of sp³-hybridized carbons (Fsp3) is 0.231. The molecule has 2 heterocycles. The summed E-state index contributed by atoms with van der Waals surface area (Å²) in [6.45, 7) is 7.91. The number of nitrogens with zero attached hydrogens (tertiary/aromatic N) is 4. The summed E-state index contributed by atoms with van der Waals surface area (Å²) in [7, 11) is 0. The minimum atomic E-state index is -0.0902. The van der Waals surface area contributed by atoms with Crippen molar-refractivity contribution in [3.8, 4) is 0 Å². The average molecular weight is 410 g/mol. The first-order valence-corrected chi connectivity index (χ1v) is 10.8. The van der Waals surface area contributed by atoms with Crippen LogP contribution in [-0.4, -0.2) is 47.1 Å². The van der Waals surface area contributed by atoms with Gasteiger partial charge in [-0.15, -0.1) is 0 Å². The van der Waals surface area contributed by atoms with Crippen molar-refractivity contribution < 1.29 is 0 Å². The maximum atomic E-state index is 6.57. The summed E-state index contributed by atoms with van der Waals surface area (Å²) < 4.78 is 0. The number of benzene rings is 3. The summed E-state index contributed by atoms with van der Waals surface area (Å²) >= 11 is 0. The Kier molecular flexibility index (Phi) is 5.26. The number of para-hydroxylation sites is 1. The van der Waals surface area contributed by atoms with Crippen molar-refractivity contribution in [2.45, 2.75) is 12.5 Å². The maximum Gasteiger partial charge on any atom is 0.140 e. The van der Waals surface area contributed by atoms with Crippen molar-refractivity contribution in [1.82, 2.24) is 14.9 Å². The van der Waals surface area contributed by atoms with Crippen molar-refractivity contribution >= 4 is 27.5 Å². The zero-order valence-corrected chi connectivity index (χ0v) is 17.6. The third-order valence-electron chi connectivity index (χ3n) is 6.20. The number of piperazine rings is 1. The number of hydrogen-bond acceptors (Lipinski definition) is 5. The normalized spacial score (nSPS) is 15.4. The molecule has 1 saturated heterocycles. The van der Waals surface area contributed by atoms with Gasteiger partial charge in [0.05, 0.1) is 5.52 Å². The SMILES string of the molecule is C=C(C(N)Cc1ccc2ccccc2c1)N1CCN(c2ncnc3ccccc23)CC1. The first-order valence-electron chi connectivity index (χ1n) is 10.8. The number of aromatic nitrogens is 2. The van der Waals surface area contributed by atoms with Crippen LogP contribution >= 0.6 is 0 Å². The first kappa shape index (κ1) is 19.5. The van der Waals surface area contributed by atoms with Crippen molar-refractivity contribution in [1.29, 1.82) is 0 Å². The van der Waals surface area contributed by atoms with Crippen LogP contribution in [0.4, 0.5) is 5.82 Å².